The molecule has 1 amide bonds. The first kappa shape index (κ1) is 22.5. The minimum atomic E-state index is -3.57. The molecule has 0 saturated carbocycles. The van der Waals surface area contributed by atoms with Crippen LogP contribution in [0.2, 0.25) is 5.02 Å². The zero-order chi connectivity index (χ0) is 21.8. The number of thiazole rings is 1. The second kappa shape index (κ2) is 9.83. The standard InChI is InChI=1S/C20H26ClN5O3S2/c21-17-2-4-18(5-3-17)31(28,29)26-13-11-24(12-14-26)19(27)16-23-7-1-8-25(10-9-23)20-22-6-15-30-20/h2-6,15H,1,7-14,16H2. The number of benzene rings is 1. The minimum absolute atomic E-state index is 0.0613. The lowest BCUT2D eigenvalue weighted by Gasteiger charge is -2.35. The van der Waals surface area contributed by atoms with E-state index in [1.165, 1.54) is 16.4 Å². The van der Waals surface area contributed by atoms with E-state index >= 15 is 0 Å². The largest absolute Gasteiger partial charge is 0.347 e. The van der Waals surface area contributed by atoms with Crippen molar-refractivity contribution in [3.63, 3.8) is 0 Å². The fourth-order valence-corrected chi connectivity index (χ4v) is 6.16. The van der Waals surface area contributed by atoms with Gasteiger partial charge in [-0.2, -0.15) is 4.31 Å². The number of anilines is 1. The highest BCUT2D eigenvalue weighted by Crippen LogP contribution is 2.21. The number of aromatic nitrogens is 1. The van der Waals surface area contributed by atoms with E-state index in [-0.39, 0.29) is 10.8 Å². The van der Waals surface area contributed by atoms with Crippen molar-refractivity contribution < 1.29 is 13.2 Å². The van der Waals surface area contributed by atoms with Gasteiger partial charge in [-0.3, -0.25) is 9.69 Å². The number of piperazine rings is 1. The van der Waals surface area contributed by atoms with Crippen molar-refractivity contribution in [2.24, 2.45) is 0 Å². The molecule has 2 aliphatic heterocycles. The van der Waals surface area contributed by atoms with E-state index in [9.17, 15) is 13.2 Å². The zero-order valence-corrected chi connectivity index (χ0v) is 19.6. The summed E-state index contributed by atoms with van der Waals surface area (Å²) in [5.41, 5.74) is 0. The summed E-state index contributed by atoms with van der Waals surface area (Å²) in [5.74, 6) is 0.0613. The third-order valence-electron chi connectivity index (χ3n) is 5.68. The molecule has 1 aromatic carbocycles. The van der Waals surface area contributed by atoms with Gasteiger partial charge >= 0.3 is 0 Å². The summed E-state index contributed by atoms with van der Waals surface area (Å²) < 4.78 is 27.1. The number of rotatable bonds is 5. The van der Waals surface area contributed by atoms with Crippen LogP contribution < -0.4 is 4.90 Å². The number of halogens is 1. The molecule has 4 rings (SSSR count). The molecular formula is C20H26ClN5O3S2. The Morgan fingerprint density at radius 3 is 2.42 bits per heavy atom. The van der Waals surface area contributed by atoms with Crippen LogP contribution in [0, 0.1) is 0 Å². The third kappa shape index (κ3) is 5.38. The molecule has 2 fully saturated rings. The summed E-state index contributed by atoms with van der Waals surface area (Å²) in [7, 11) is -3.57. The second-order valence-electron chi connectivity index (χ2n) is 7.67. The molecule has 8 nitrogen and oxygen atoms in total. The molecule has 11 heteroatoms. The minimum Gasteiger partial charge on any atom is -0.347 e. The molecule has 2 saturated heterocycles. The van der Waals surface area contributed by atoms with Crippen LogP contribution in [0.25, 0.3) is 0 Å². The molecule has 0 N–H and O–H groups in total. The Morgan fingerprint density at radius 2 is 1.74 bits per heavy atom. The predicted molar refractivity (Wildman–Crippen MR) is 122 cm³/mol. The van der Waals surface area contributed by atoms with E-state index < -0.39 is 10.0 Å². The smallest absolute Gasteiger partial charge is 0.243 e. The molecule has 31 heavy (non-hydrogen) atoms. The molecule has 1 aromatic heterocycles. The van der Waals surface area contributed by atoms with Gasteiger partial charge in [-0.05, 0) is 30.7 Å². The lowest BCUT2D eigenvalue weighted by atomic mass is 10.3. The van der Waals surface area contributed by atoms with Crippen molar-refractivity contribution in [3.05, 3.63) is 40.9 Å². The van der Waals surface area contributed by atoms with Crippen LogP contribution in [0.4, 0.5) is 5.13 Å². The van der Waals surface area contributed by atoms with E-state index in [1.54, 1.807) is 28.4 Å². The molecule has 0 spiro atoms. The highest BCUT2D eigenvalue weighted by atomic mass is 35.5. The Labute approximate surface area is 192 Å². The van der Waals surface area contributed by atoms with Gasteiger partial charge in [-0.1, -0.05) is 11.6 Å². The molecule has 0 bridgehead atoms. The third-order valence-corrected chi connectivity index (χ3v) is 8.68. The Kier molecular flexibility index (Phi) is 7.12. The van der Waals surface area contributed by atoms with Gasteiger partial charge in [-0.15, -0.1) is 11.3 Å². The summed E-state index contributed by atoms with van der Waals surface area (Å²) in [6, 6.07) is 6.18. The monoisotopic (exact) mass is 483 g/mol. The van der Waals surface area contributed by atoms with Gasteiger partial charge in [0.15, 0.2) is 5.13 Å². The van der Waals surface area contributed by atoms with Crippen LogP contribution in [0.1, 0.15) is 6.42 Å². The first-order valence-corrected chi connectivity index (χ1v) is 13.0. The first-order chi connectivity index (χ1) is 14.9. The van der Waals surface area contributed by atoms with Gasteiger partial charge in [0, 0.05) is 69.0 Å². The van der Waals surface area contributed by atoms with E-state index in [0.717, 1.165) is 37.7 Å². The van der Waals surface area contributed by atoms with Gasteiger partial charge in [0.1, 0.15) is 0 Å². The van der Waals surface area contributed by atoms with Crippen LogP contribution in [-0.4, -0.2) is 92.3 Å². The van der Waals surface area contributed by atoms with Crippen molar-refractivity contribution in [1.29, 1.82) is 0 Å². The molecule has 3 heterocycles. The molecular weight excluding hydrogens is 458 g/mol. The predicted octanol–water partition coefficient (Wildman–Crippen LogP) is 1.84. The SMILES string of the molecule is O=C(CN1CCCN(c2nccs2)CC1)N1CCN(S(=O)(=O)c2ccc(Cl)cc2)CC1. The molecule has 0 unspecified atom stereocenters. The maximum absolute atomic E-state index is 12.8. The number of sulfonamides is 1. The highest BCUT2D eigenvalue weighted by Gasteiger charge is 2.30. The number of carbonyl (C=O) groups is 1. The fourth-order valence-electron chi connectivity index (χ4n) is 3.92. The number of carbonyl (C=O) groups excluding carboxylic acids is 1. The lowest BCUT2D eigenvalue weighted by Crippen LogP contribution is -2.52. The average molecular weight is 484 g/mol. The van der Waals surface area contributed by atoms with Gasteiger partial charge < -0.3 is 9.80 Å². The van der Waals surface area contributed by atoms with Gasteiger partial charge in [0.05, 0.1) is 11.4 Å². The van der Waals surface area contributed by atoms with Crippen molar-refractivity contribution in [3.8, 4) is 0 Å². The van der Waals surface area contributed by atoms with E-state index in [2.05, 4.69) is 14.8 Å². The molecule has 0 aliphatic carbocycles. The van der Waals surface area contributed by atoms with Crippen molar-refractivity contribution in [1.82, 2.24) is 19.1 Å². The summed E-state index contributed by atoms with van der Waals surface area (Å²) in [4.78, 5) is 23.7. The molecule has 168 valence electrons. The maximum atomic E-state index is 12.8. The van der Waals surface area contributed by atoms with Crippen molar-refractivity contribution in [2.45, 2.75) is 11.3 Å². The van der Waals surface area contributed by atoms with Crippen LogP contribution >= 0.6 is 22.9 Å². The number of hydrogen-bond acceptors (Lipinski definition) is 7. The summed E-state index contributed by atoms with van der Waals surface area (Å²) in [6.45, 7) is 5.27. The Balaban J connectivity index is 1.28. The van der Waals surface area contributed by atoms with Gasteiger partial charge in [-0.25, -0.2) is 13.4 Å². The highest BCUT2D eigenvalue weighted by molar-refractivity contribution is 7.89. The Hall–Kier alpha value is -1.72. The number of amides is 1. The van der Waals surface area contributed by atoms with Gasteiger partial charge in [0.25, 0.3) is 0 Å². The van der Waals surface area contributed by atoms with Crippen molar-refractivity contribution in [2.75, 3.05) is 63.8 Å². The average Bonchev–Trinajstić information content (AvgIpc) is 3.21. The van der Waals surface area contributed by atoms with E-state index in [4.69, 9.17) is 11.6 Å². The molecule has 0 radical (unpaired) electrons. The summed E-state index contributed by atoms with van der Waals surface area (Å²) in [6.07, 6.45) is 2.80. The Bertz CT molecular complexity index is 977. The number of nitrogens with zero attached hydrogens (tertiary/aromatic N) is 5. The second-order valence-corrected chi connectivity index (χ2v) is 10.9. The van der Waals surface area contributed by atoms with Gasteiger partial charge in [0.2, 0.25) is 15.9 Å². The van der Waals surface area contributed by atoms with E-state index in [0.29, 0.717) is 37.7 Å². The van der Waals surface area contributed by atoms with Crippen LogP contribution in [0.15, 0.2) is 40.7 Å². The zero-order valence-electron chi connectivity index (χ0n) is 17.2. The topological polar surface area (TPSA) is 77.1 Å². The quantitative estimate of drug-likeness (QED) is 0.646. The normalized spacial score (nSPS) is 19.4. The first-order valence-electron chi connectivity index (χ1n) is 10.3. The van der Waals surface area contributed by atoms with Crippen LogP contribution in [-0.2, 0) is 14.8 Å². The molecule has 2 aromatic rings. The van der Waals surface area contributed by atoms with E-state index in [1.807, 2.05) is 11.6 Å². The van der Waals surface area contributed by atoms with Crippen LogP contribution in [0.5, 0.6) is 0 Å². The number of hydrogen-bond donors (Lipinski definition) is 0. The Morgan fingerprint density at radius 1 is 1.00 bits per heavy atom. The molecule has 2 aliphatic rings. The maximum Gasteiger partial charge on any atom is 0.243 e. The summed E-state index contributed by atoms with van der Waals surface area (Å²) in [5, 5.41) is 3.51. The molecule has 0 atom stereocenters. The fraction of sp³-hybridized carbons (Fsp3) is 0.500. The summed E-state index contributed by atoms with van der Waals surface area (Å²) >= 11 is 7.50. The van der Waals surface area contributed by atoms with Crippen molar-refractivity contribution >= 4 is 44.0 Å². The van der Waals surface area contributed by atoms with Crippen LogP contribution in [0.3, 0.4) is 0 Å². The lowest BCUT2D eigenvalue weighted by molar-refractivity contribution is -0.133.